The molecule has 1 N–H and O–H groups in total. The molecular weight excluding hydrogens is 503 g/mol. The summed E-state index contributed by atoms with van der Waals surface area (Å²) >= 11 is 2.44. The quantitative estimate of drug-likeness (QED) is 0.353. The van der Waals surface area contributed by atoms with Gasteiger partial charge >= 0.3 is 0 Å². The fraction of sp³-hybridized carbons (Fsp3) is 0.286. The van der Waals surface area contributed by atoms with Crippen LogP contribution < -0.4 is 10.1 Å². The number of carbonyl (C=O) groups excluding carboxylic acids is 1. The highest BCUT2D eigenvalue weighted by molar-refractivity contribution is 8.00. The third-order valence-electron chi connectivity index (χ3n) is 4.95. The van der Waals surface area contributed by atoms with Gasteiger partial charge in [-0.2, -0.15) is 4.31 Å². The van der Waals surface area contributed by atoms with E-state index in [-0.39, 0.29) is 40.2 Å². The minimum atomic E-state index is -3.88. The number of nitrogens with zero attached hydrogens (tertiary/aromatic N) is 3. The van der Waals surface area contributed by atoms with Crippen molar-refractivity contribution in [1.82, 2.24) is 14.5 Å². The zero-order valence-electron chi connectivity index (χ0n) is 18.1. The Balaban J connectivity index is 1.47. The number of morpholine rings is 1. The molecule has 13 heteroatoms. The number of thioether (sulfide) groups is 1. The molecule has 34 heavy (non-hydrogen) atoms. The van der Waals surface area contributed by atoms with Crippen molar-refractivity contribution in [2.75, 3.05) is 38.7 Å². The average molecular weight is 525 g/mol. The summed E-state index contributed by atoms with van der Waals surface area (Å²) in [7, 11) is -2.51. The number of carbonyl (C=O) groups is 1. The van der Waals surface area contributed by atoms with Crippen LogP contribution in [0.25, 0.3) is 0 Å². The molecule has 0 unspecified atom stereocenters. The van der Waals surface area contributed by atoms with Gasteiger partial charge in [0.25, 0.3) is 5.91 Å². The van der Waals surface area contributed by atoms with Crippen molar-refractivity contribution in [2.45, 2.75) is 15.0 Å². The van der Waals surface area contributed by atoms with E-state index in [1.165, 1.54) is 47.4 Å². The van der Waals surface area contributed by atoms with Gasteiger partial charge in [0.2, 0.25) is 15.2 Å². The van der Waals surface area contributed by atoms with E-state index in [0.717, 1.165) is 11.3 Å². The number of ether oxygens (including phenoxy) is 2. The third-order valence-corrected chi connectivity index (χ3v) is 8.89. The maximum Gasteiger partial charge on any atom is 0.257 e. The number of nitrogens with one attached hydrogen (secondary N) is 1. The van der Waals surface area contributed by atoms with E-state index in [4.69, 9.17) is 9.47 Å². The Kier molecular flexibility index (Phi) is 7.78. The molecule has 1 aliphatic rings. The monoisotopic (exact) mass is 524 g/mol. The molecular formula is C21H21FN4O5S3. The molecule has 3 aromatic rings. The van der Waals surface area contributed by atoms with Gasteiger partial charge in [-0.05, 0) is 29.8 Å². The highest BCUT2D eigenvalue weighted by atomic mass is 32.2. The van der Waals surface area contributed by atoms with Crippen LogP contribution in [0.15, 0.2) is 51.7 Å². The molecule has 2 heterocycles. The van der Waals surface area contributed by atoms with Crippen molar-refractivity contribution < 1.29 is 27.1 Å². The van der Waals surface area contributed by atoms with Gasteiger partial charge in [0.05, 0.1) is 20.3 Å². The van der Waals surface area contributed by atoms with E-state index in [1.807, 2.05) is 0 Å². The fourth-order valence-electron chi connectivity index (χ4n) is 3.19. The van der Waals surface area contributed by atoms with Crippen LogP contribution in [0.5, 0.6) is 5.75 Å². The zero-order valence-corrected chi connectivity index (χ0v) is 20.5. The Hall–Kier alpha value is -2.58. The number of amides is 1. The maximum absolute atomic E-state index is 13.8. The number of hydrogen-bond donors (Lipinski definition) is 1. The molecule has 180 valence electrons. The van der Waals surface area contributed by atoms with Gasteiger partial charge in [-0.3, -0.25) is 10.1 Å². The molecule has 1 amide bonds. The normalized spacial score (nSPS) is 14.6. The van der Waals surface area contributed by atoms with Crippen molar-refractivity contribution in [3.8, 4) is 5.75 Å². The minimum Gasteiger partial charge on any atom is -0.495 e. The smallest absolute Gasteiger partial charge is 0.257 e. The molecule has 0 saturated carbocycles. The molecule has 0 atom stereocenters. The van der Waals surface area contributed by atoms with Crippen LogP contribution in [0.2, 0.25) is 0 Å². The van der Waals surface area contributed by atoms with E-state index in [1.54, 1.807) is 18.2 Å². The minimum absolute atomic E-state index is 0.0945. The number of rotatable bonds is 8. The lowest BCUT2D eigenvalue weighted by Crippen LogP contribution is -2.40. The van der Waals surface area contributed by atoms with E-state index >= 15 is 0 Å². The van der Waals surface area contributed by atoms with Gasteiger partial charge < -0.3 is 9.47 Å². The summed E-state index contributed by atoms with van der Waals surface area (Å²) in [6, 6.07) is 10.7. The Morgan fingerprint density at radius 3 is 2.74 bits per heavy atom. The molecule has 0 spiro atoms. The van der Waals surface area contributed by atoms with Gasteiger partial charge in [0.1, 0.15) is 16.5 Å². The Labute approximate surface area is 204 Å². The predicted molar refractivity (Wildman–Crippen MR) is 126 cm³/mol. The van der Waals surface area contributed by atoms with Crippen molar-refractivity contribution in [3.05, 3.63) is 59.4 Å². The van der Waals surface area contributed by atoms with Crippen LogP contribution in [0.1, 0.15) is 15.9 Å². The summed E-state index contributed by atoms with van der Waals surface area (Å²) in [4.78, 5) is 12.7. The third kappa shape index (κ3) is 5.55. The van der Waals surface area contributed by atoms with Crippen LogP contribution in [0, 0.1) is 5.82 Å². The standard InChI is InChI=1S/C21H21FN4O5S3/c1-30-17-7-6-14(12-18(17)34(28,29)26-8-10-31-11-9-26)19(27)23-20-24-25-21(33-20)32-13-15-4-2-3-5-16(15)22/h2-7,12H,8-11,13H2,1H3,(H,23,24,27). The number of sulfonamides is 1. The second kappa shape index (κ2) is 10.8. The first-order valence-corrected chi connectivity index (χ1v) is 13.4. The zero-order chi connectivity index (χ0) is 24.1. The molecule has 1 aliphatic heterocycles. The summed E-state index contributed by atoms with van der Waals surface area (Å²) in [5, 5.41) is 10.8. The second-order valence-corrected chi connectivity index (χ2v) is 11.2. The molecule has 0 bridgehead atoms. The lowest BCUT2D eigenvalue weighted by molar-refractivity contribution is 0.0729. The highest BCUT2D eigenvalue weighted by Crippen LogP contribution is 2.31. The number of halogens is 1. The van der Waals surface area contributed by atoms with E-state index in [2.05, 4.69) is 15.5 Å². The van der Waals surface area contributed by atoms with Gasteiger partial charge in [0.15, 0.2) is 4.34 Å². The van der Waals surface area contributed by atoms with Crippen molar-refractivity contribution in [2.24, 2.45) is 0 Å². The van der Waals surface area contributed by atoms with Crippen LogP contribution in [0.3, 0.4) is 0 Å². The lowest BCUT2D eigenvalue weighted by Gasteiger charge is -2.26. The van der Waals surface area contributed by atoms with Crippen LogP contribution in [-0.2, 0) is 20.5 Å². The molecule has 0 aliphatic carbocycles. The lowest BCUT2D eigenvalue weighted by atomic mass is 10.2. The number of hydrogen-bond acceptors (Lipinski definition) is 9. The Bertz CT molecular complexity index is 1280. The Morgan fingerprint density at radius 2 is 2.00 bits per heavy atom. The highest BCUT2D eigenvalue weighted by Gasteiger charge is 2.30. The predicted octanol–water partition coefficient (Wildman–Crippen LogP) is 3.25. The van der Waals surface area contributed by atoms with E-state index < -0.39 is 15.9 Å². The molecule has 9 nitrogen and oxygen atoms in total. The first kappa shape index (κ1) is 24.5. The van der Waals surface area contributed by atoms with Gasteiger partial charge in [0, 0.05) is 24.4 Å². The number of aromatic nitrogens is 2. The molecule has 2 aromatic carbocycles. The van der Waals surface area contributed by atoms with Crippen LogP contribution in [0.4, 0.5) is 9.52 Å². The molecule has 0 radical (unpaired) electrons. The molecule has 1 fully saturated rings. The molecule has 1 aromatic heterocycles. The largest absolute Gasteiger partial charge is 0.495 e. The summed E-state index contributed by atoms with van der Waals surface area (Å²) in [6.45, 7) is 1.05. The Morgan fingerprint density at radius 1 is 1.24 bits per heavy atom. The second-order valence-electron chi connectivity index (χ2n) is 7.09. The van der Waals surface area contributed by atoms with Gasteiger partial charge in [-0.15, -0.1) is 10.2 Å². The average Bonchev–Trinajstić information content (AvgIpc) is 3.30. The van der Waals surface area contributed by atoms with Gasteiger partial charge in [-0.1, -0.05) is 41.3 Å². The number of anilines is 1. The van der Waals surface area contributed by atoms with E-state index in [0.29, 0.717) is 28.9 Å². The number of benzene rings is 2. The summed E-state index contributed by atoms with van der Waals surface area (Å²) in [5.41, 5.74) is 0.670. The van der Waals surface area contributed by atoms with Gasteiger partial charge in [-0.25, -0.2) is 12.8 Å². The molecule has 1 saturated heterocycles. The molecule has 4 rings (SSSR count). The fourth-order valence-corrected chi connectivity index (χ4v) is 6.51. The summed E-state index contributed by atoms with van der Waals surface area (Å²) in [6.07, 6.45) is 0. The van der Waals surface area contributed by atoms with E-state index in [9.17, 15) is 17.6 Å². The first-order chi connectivity index (χ1) is 16.4. The van der Waals surface area contributed by atoms with Crippen molar-refractivity contribution in [1.29, 1.82) is 0 Å². The topological polar surface area (TPSA) is 111 Å². The van der Waals surface area contributed by atoms with Crippen LogP contribution >= 0.6 is 23.1 Å². The first-order valence-electron chi connectivity index (χ1n) is 10.2. The summed E-state index contributed by atoms with van der Waals surface area (Å²) < 4.78 is 52.4. The maximum atomic E-state index is 13.8. The SMILES string of the molecule is COc1ccc(C(=O)Nc2nnc(SCc3ccccc3F)s2)cc1S(=O)(=O)N1CCOCC1. The van der Waals surface area contributed by atoms with Crippen molar-refractivity contribution >= 4 is 44.2 Å². The van der Waals surface area contributed by atoms with Crippen LogP contribution in [-0.4, -0.2) is 62.2 Å². The summed E-state index contributed by atoms with van der Waals surface area (Å²) in [5.74, 6) is -0.319. The van der Waals surface area contributed by atoms with Crippen molar-refractivity contribution in [3.63, 3.8) is 0 Å². The number of methoxy groups -OCH3 is 1.